The lowest BCUT2D eigenvalue weighted by molar-refractivity contribution is 0.103. The van der Waals surface area contributed by atoms with Gasteiger partial charge in [0.1, 0.15) is 23.6 Å². The van der Waals surface area contributed by atoms with Gasteiger partial charge < -0.3 is 9.72 Å². The molecule has 0 spiro atoms. The average Bonchev–Trinajstić information content (AvgIpc) is 2.92. The number of ketones is 1. The minimum absolute atomic E-state index is 0.0384. The van der Waals surface area contributed by atoms with E-state index in [0.29, 0.717) is 12.3 Å². The molecule has 22 heavy (non-hydrogen) atoms. The zero-order valence-corrected chi connectivity index (χ0v) is 11.5. The minimum atomic E-state index is -1.05. The van der Waals surface area contributed by atoms with E-state index < -0.39 is 23.0 Å². The van der Waals surface area contributed by atoms with Crippen LogP contribution in [0.25, 0.3) is 11.0 Å². The van der Waals surface area contributed by atoms with Crippen molar-refractivity contribution < 1.29 is 18.3 Å². The number of hydrogen-bond donors (Lipinski definition) is 1. The van der Waals surface area contributed by atoms with Crippen molar-refractivity contribution in [2.75, 3.05) is 6.61 Å². The van der Waals surface area contributed by atoms with Gasteiger partial charge in [-0.2, -0.15) is 0 Å². The Morgan fingerprint density at radius 3 is 2.95 bits per heavy atom. The summed E-state index contributed by atoms with van der Waals surface area (Å²) in [7, 11) is 0. The van der Waals surface area contributed by atoms with Gasteiger partial charge >= 0.3 is 0 Å². The highest BCUT2D eigenvalue weighted by molar-refractivity contribution is 6.17. The number of hydrogen-bond acceptors (Lipinski definition) is 4. The second-order valence-corrected chi connectivity index (χ2v) is 4.38. The molecular weight excluding hydrogens is 292 g/mol. The number of carbonyl (C=O) groups excluding carboxylic acids is 1. The average molecular weight is 302 g/mol. The number of carbonyl (C=O) groups is 1. The summed E-state index contributed by atoms with van der Waals surface area (Å²) in [5, 5.41) is 0.289. The number of benzene rings is 1. The van der Waals surface area contributed by atoms with E-state index in [1.165, 1.54) is 12.5 Å². The molecule has 0 aliphatic rings. The Kier molecular flexibility index (Phi) is 3.54. The SMILES string of the molecule is CCOc1ncnc2[nH]cc(C(=O)c3c(F)[c]ccc3F)c12. The normalized spacial score (nSPS) is 10.9. The fourth-order valence-electron chi connectivity index (χ4n) is 2.15. The molecule has 5 nitrogen and oxygen atoms in total. The second-order valence-electron chi connectivity index (χ2n) is 4.38. The Hall–Kier alpha value is -2.83. The Labute approximate surface area is 124 Å². The van der Waals surface area contributed by atoms with Crippen molar-refractivity contribution in [3.63, 3.8) is 0 Å². The Balaban J connectivity index is 2.20. The van der Waals surface area contributed by atoms with Crippen LogP contribution in [0, 0.1) is 17.7 Å². The van der Waals surface area contributed by atoms with Gasteiger partial charge in [-0.05, 0) is 19.1 Å². The van der Waals surface area contributed by atoms with Crippen LogP contribution in [0.1, 0.15) is 22.8 Å². The van der Waals surface area contributed by atoms with Crippen molar-refractivity contribution in [3.8, 4) is 5.88 Å². The number of nitrogens with zero attached hydrogens (tertiary/aromatic N) is 2. The first kappa shape index (κ1) is 14.1. The molecule has 0 amide bonds. The van der Waals surface area contributed by atoms with Crippen molar-refractivity contribution in [1.82, 2.24) is 15.0 Å². The largest absolute Gasteiger partial charge is 0.477 e. The minimum Gasteiger partial charge on any atom is -0.477 e. The summed E-state index contributed by atoms with van der Waals surface area (Å²) in [6.45, 7) is 2.08. The number of halogens is 2. The van der Waals surface area contributed by atoms with Gasteiger partial charge in [-0.1, -0.05) is 0 Å². The summed E-state index contributed by atoms with van der Waals surface area (Å²) in [6, 6.07) is 4.22. The molecule has 2 aromatic heterocycles. The molecule has 1 radical (unpaired) electrons. The molecule has 2 heterocycles. The van der Waals surface area contributed by atoms with Crippen molar-refractivity contribution in [3.05, 3.63) is 53.5 Å². The number of aromatic nitrogens is 3. The Bertz CT molecular complexity index is 841. The molecule has 0 saturated carbocycles. The molecule has 0 saturated heterocycles. The fraction of sp³-hybridized carbons (Fsp3) is 0.133. The molecule has 1 N–H and O–H groups in total. The molecule has 0 bridgehead atoms. The fourth-order valence-corrected chi connectivity index (χ4v) is 2.15. The highest BCUT2D eigenvalue weighted by Gasteiger charge is 2.24. The molecule has 0 aliphatic heterocycles. The third-order valence-electron chi connectivity index (χ3n) is 3.09. The van der Waals surface area contributed by atoms with E-state index in [9.17, 15) is 13.6 Å². The second kappa shape index (κ2) is 5.51. The van der Waals surface area contributed by atoms with E-state index in [1.807, 2.05) is 0 Å². The van der Waals surface area contributed by atoms with E-state index in [1.54, 1.807) is 6.92 Å². The van der Waals surface area contributed by atoms with Crippen molar-refractivity contribution in [2.45, 2.75) is 6.92 Å². The molecule has 0 unspecified atom stereocenters. The zero-order valence-electron chi connectivity index (χ0n) is 11.5. The van der Waals surface area contributed by atoms with Crippen LogP contribution in [0.3, 0.4) is 0 Å². The molecule has 3 rings (SSSR count). The van der Waals surface area contributed by atoms with Crippen LogP contribution in [-0.2, 0) is 0 Å². The number of aromatic amines is 1. The first-order valence-electron chi connectivity index (χ1n) is 6.48. The summed E-state index contributed by atoms with van der Waals surface area (Å²) in [6.07, 6.45) is 2.60. The standard InChI is InChI=1S/C15H10F2N3O2/c1-2-22-15-11-8(6-18-14(11)19-7-20-15)13(21)12-9(16)4-3-5-10(12)17/h3-4,6-7H,2H2,1H3,(H,18,19,20). The van der Waals surface area contributed by atoms with Crippen LogP contribution in [-0.4, -0.2) is 27.3 Å². The molecule has 1 aromatic carbocycles. The van der Waals surface area contributed by atoms with Crippen LogP contribution in [0.5, 0.6) is 5.88 Å². The predicted octanol–water partition coefficient (Wildman–Crippen LogP) is 2.67. The van der Waals surface area contributed by atoms with E-state index in [2.05, 4.69) is 21.0 Å². The van der Waals surface area contributed by atoms with Gasteiger partial charge in [0.25, 0.3) is 0 Å². The number of fused-ring (bicyclic) bond motifs is 1. The van der Waals surface area contributed by atoms with E-state index >= 15 is 0 Å². The predicted molar refractivity (Wildman–Crippen MR) is 73.7 cm³/mol. The van der Waals surface area contributed by atoms with Gasteiger partial charge in [-0.3, -0.25) is 4.79 Å². The third kappa shape index (κ3) is 2.20. The Morgan fingerprint density at radius 1 is 1.41 bits per heavy atom. The van der Waals surface area contributed by atoms with Crippen molar-refractivity contribution >= 4 is 16.8 Å². The number of rotatable bonds is 4. The van der Waals surface area contributed by atoms with Crippen LogP contribution in [0.15, 0.2) is 24.7 Å². The van der Waals surface area contributed by atoms with Gasteiger partial charge in [0.2, 0.25) is 11.7 Å². The van der Waals surface area contributed by atoms with E-state index in [0.717, 1.165) is 12.1 Å². The van der Waals surface area contributed by atoms with Gasteiger partial charge in [-0.15, -0.1) is 0 Å². The lowest BCUT2D eigenvalue weighted by Gasteiger charge is -2.06. The molecule has 0 aliphatic carbocycles. The first-order valence-corrected chi connectivity index (χ1v) is 6.48. The van der Waals surface area contributed by atoms with Crippen LogP contribution >= 0.6 is 0 Å². The van der Waals surface area contributed by atoms with Gasteiger partial charge in [0.15, 0.2) is 0 Å². The van der Waals surface area contributed by atoms with Crippen molar-refractivity contribution in [1.29, 1.82) is 0 Å². The molecule has 0 fully saturated rings. The monoisotopic (exact) mass is 302 g/mol. The van der Waals surface area contributed by atoms with Crippen LogP contribution < -0.4 is 4.74 Å². The van der Waals surface area contributed by atoms with Gasteiger partial charge in [0, 0.05) is 12.3 Å². The first-order chi connectivity index (χ1) is 10.6. The topological polar surface area (TPSA) is 67.9 Å². The molecular formula is C15H10F2N3O2. The van der Waals surface area contributed by atoms with Gasteiger partial charge in [-0.25, -0.2) is 18.7 Å². The molecule has 7 heteroatoms. The zero-order chi connectivity index (χ0) is 15.7. The summed E-state index contributed by atoms with van der Waals surface area (Å²) in [5.41, 5.74) is -0.284. The summed E-state index contributed by atoms with van der Waals surface area (Å²) >= 11 is 0. The van der Waals surface area contributed by atoms with E-state index in [-0.39, 0.29) is 16.8 Å². The summed E-state index contributed by atoms with van der Waals surface area (Å²) in [5.74, 6) is -2.65. The smallest absolute Gasteiger partial charge is 0.226 e. The maximum atomic E-state index is 13.8. The maximum Gasteiger partial charge on any atom is 0.226 e. The highest BCUT2D eigenvalue weighted by Crippen LogP contribution is 2.28. The van der Waals surface area contributed by atoms with Gasteiger partial charge in [0.05, 0.1) is 23.1 Å². The number of H-pyrrole nitrogens is 1. The lowest BCUT2D eigenvalue weighted by Crippen LogP contribution is -2.08. The molecule has 0 atom stereocenters. The third-order valence-corrected chi connectivity index (χ3v) is 3.09. The van der Waals surface area contributed by atoms with Crippen LogP contribution in [0.2, 0.25) is 0 Å². The highest BCUT2D eigenvalue weighted by atomic mass is 19.1. The summed E-state index contributed by atoms with van der Waals surface area (Å²) < 4.78 is 32.9. The molecule has 3 aromatic rings. The quantitative estimate of drug-likeness (QED) is 0.752. The van der Waals surface area contributed by atoms with Crippen LogP contribution in [0.4, 0.5) is 8.78 Å². The maximum absolute atomic E-state index is 13.8. The number of ether oxygens (including phenoxy) is 1. The Morgan fingerprint density at radius 2 is 2.23 bits per heavy atom. The van der Waals surface area contributed by atoms with Crippen molar-refractivity contribution in [2.24, 2.45) is 0 Å². The number of nitrogens with one attached hydrogen (secondary N) is 1. The lowest BCUT2D eigenvalue weighted by atomic mass is 10.0. The molecule has 111 valence electrons. The summed E-state index contributed by atoms with van der Waals surface area (Å²) in [4.78, 5) is 23.2. The van der Waals surface area contributed by atoms with E-state index in [4.69, 9.17) is 4.74 Å².